The molecule has 0 bridgehead atoms. The summed E-state index contributed by atoms with van der Waals surface area (Å²) in [6, 6.07) is 8.61. The third-order valence-corrected chi connectivity index (χ3v) is 4.63. The number of likely N-dealkylation sites (N-methyl/N-ethyl adjacent to an activating group) is 1. The van der Waals surface area contributed by atoms with Crippen molar-refractivity contribution in [2.24, 2.45) is 0 Å². The van der Waals surface area contributed by atoms with Gasteiger partial charge < -0.3 is 16.0 Å². The molecule has 0 aliphatic carbocycles. The second-order valence-electron chi connectivity index (χ2n) is 6.55. The average molecular weight is 351 g/mol. The first-order valence-electron chi connectivity index (χ1n) is 8.29. The lowest BCUT2D eigenvalue weighted by Crippen LogP contribution is -2.44. The van der Waals surface area contributed by atoms with Gasteiger partial charge in [0.2, 0.25) is 0 Å². The van der Waals surface area contributed by atoms with Gasteiger partial charge in [-0.3, -0.25) is 14.5 Å². The van der Waals surface area contributed by atoms with Crippen molar-refractivity contribution in [2.45, 2.75) is 12.5 Å². The number of pyridine rings is 1. The zero-order valence-electron chi connectivity index (χ0n) is 14.8. The number of hydrogen-bond donors (Lipinski definition) is 2. The lowest BCUT2D eigenvalue weighted by Gasteiger charge is -2.28. The Morgan fingerprint density at radius 1 is 1.23 bits per heavy atom. The van der Waals surface area contributed by atoms with Gasteiger partial charge in [0, 0.05) is 30.6 Å². The summed E-state index contributed by atoms with van der Waals surface area (Å²) in [7, 11) is 3.82. The molecule has 1 aliphatic rings. The van der Waals surface area contributed by atoms with E-state index in [9.17, 15) is 9.59 Å². The van der Waals surface area contributed by atoms with Crippen molar-refractivity contribution in [3.05, 3.63) is 58.8 Å². The van der Waals surface area contributed by atoms with E-state index in [1.54, 1.807) is 30.5 Å². The van der Waals surface area contributed by atoms with E-state index in [2.05, 4.69) is 4.98 Å². The lowest BCUT2D eigenvalue weighted by atomic mass is 10.0. The van der Waals surface area contributed by atoms with E-state index in [1.807, 2.05) is 25.1 Å². The molecule has 1 aromatic carbocycles. The lowest BCUT2D eigenvalue weighted by molar-refractivity contribution is 0.0612. The van der Waals surface area contributed by atoms with E-state index in [-0.39, 0.29) is 24.4 Å². The van der Waals surface area contributed by atoms with E-state index in [0.717, 1.165) is 5.56 Å². The number of anilines is 1. The van der Waals surface area contributed by atoms with Gasteiger partial charge >= 0.3 is 0 Å². The minimum atomic E-state index is -0.256. The first-order valence-corrected chi connectivity index (χ1v) is 8.29. The van der Waals surface area contributed by atoms with Gasteiger partial charge in [0.05, 0.1) is 11.1 Å². The molecule has 3 N–H and O–H groups in total. The van der Waals surface area contributed by atoms with Gasteiger partial charge in [0.25, 0.3) is 11.8 Å². The Balaban J connectivity index is 1.81. The van der Waals surface area contributed by atoms with Crippen molar-refractivity contribution in [2.75, 3.05) is 26.4 Å². The zero-order valence-corrected chi connectivity index (χ0v) is 14.8. The van der Waals surface area contributed by atoms with Gasteiger partial charge in [-0.05, 0) is 44.3 Å². The normalized spacial score (nSPS) is 14.7. The number of rotatable bonds is 6. The molecule has 1 aromatic heterocycles. The number of fused-ring (bicyclic) bond motifs is 1. The van der Waals surface area contributed by atoms with Crippen molar-refractivity contribution < 1.29 is 9.59 Å². The summed E-state index contributed by atoms with van der Waals surface area (Å²) in [4.78, 5) is 32.6. The molecule has 0 saturated heterocycles. The zero-order chi connectivity index (χ0) is 18.8. The molecule has 2 heterocycles. The molecule has 0 spiro atoms. The predicted octanol–water partition coefficient (Wildman–Crippen LogP) is 1.43. The van der Waals surface area contributed by atoms with Crippen LogP contribution in [0, 0.1) is 5.41 Å². The molecule has 0 saturated carbocycles. The van der Waals surface area contributed by atoms with E-state index in [0.29, 0.717) is 28.9 Å². The van der Waals surface area contributed by atoms with E-state index in [1.165, 1.54) is 11.1 Å². The minimum Gasteiger partial charge on any atom is -0.383 e. The van der Waals surface area contributed by atoms with Crippen LogP contribution < -0.4 is 5.73 Å². The topological polar surface area (TPSA) is 103 Å². The predicted molar refractivity (Wildman–Crippen MR) is 99.5 cm³/mol. The van der Waals surface area contributed by atoms with Crippen LogP contribution in [-0.4, -0.2) is 59.5 Å². The second kappa shape index (κ2) is 7.05. The maximum Gasteiger partial charge on any atom is 0.261 e. The molecule has 7 heteroatoms. The third-order valence-electron chi connectivity index (χ3n) is 4.63. The van der Waals surface area contributed by atoms with E-state index in [4.69, 9.17) is 11.1 Å². The maximum atomic E-state index is 12.6. The van der Waals surface area contributed by atoms with Gasteiger partial charge in [0.15, 0.2) is 0 Å². The summed E-state index contributed by atoms with van der Waals surface area (Å²) in [6.45, 7) is 0.281. The summed E-state index contributed by atoms with van der Waals surface area (Å²) in [6.07, 6.45) is 3.41. The number of aromatic nitrogens is 1. The summed E-state index contributed by atoms with van der Waals surface area (Å²) in [5, 5.41) is 7.40. The monoisotopic (exact) mass is 351 g/mol. The Morgan fingerprint density at radius 3 is 2.38 bits per heavy atom. The number of hydrogen-bond acceptors (Lipinski definition) is 6. The van der Waals surface area contributed by atoms with Gasteiger partial charge in [-0.2, -0.15) is 0 Å². The Hall–Kier alpha value is -3.06. The molecule has 7 nitrogen and oxygen atoms in total. The van der Waals surface area contributed by atoms with E-state index >= 15 is 0 Å². The van der Waals surface area contributed by atoms with Crippen molar-refractivity contribution in [1.29, 1.82) is 5.41 Å². The highest BCUT2D eigenvalue weighted by molar-refractivity contribution is 6.21. The molecule has 1 atom stereocenters. The first kappa shape index (κ1) is 17.8. The number of carbonyl (C=O) groups is 2. The smallest absolute Gasteiger partial charge is 0.261 e. The van der Waals surface area contributed by atoms with Crippen LogP contribution in [-0.2, 0) is 6.42 Å². The highest BCUT2D eigenvalue weighted by Crippen LogP contribution is 2.23. The third kappa shape index (κ3) is 3.21. The highest BCUT2D eigenvalue weighted by atomic mass is 16.2. The first-order chi connectivity index (χ1) is 12.4. The van der Waals surface area contributed by atoms with Crippen molar-refractivity contribution in [3.63, 3.8) is 0 Å². The van der Waals surface area contributed by atoms with Crippen LogP contribution in [0.2, 0.25) is 0 Å². The van der Waals surface area contributed by atoms with Gasteiger partial charge in [-0.15, -0.1) is 0 Å². The van der Waals surface area contributed by atoms with Crippen LogP contribution >= 0.6 is 0 Å². The molecule has 2 aromatic rings. The molecular weight excluding hydrogens is 330 g/mol. The number of nitrogen functional groups attached to an aromatic ring is 1. The largest absolute Gasteiger partial charge is 0.383 e. The molecule has 1 unspecified atom stereocenters. The summed E-state index contributed by atoms with van der Waals surface area (Å²) >= 11 is 0. The van der Waals surface area contributed by atoms with Crippen LogP contribution in [0.5, 0.6) is 0 Å². The standard InChI is InChI=1S/C19H21N5O2/c1-23(2)14(8-12-7-13(9-20)17(21)22-10-12)11-24-18(25)15-5-3-4-6-16(15)19(24)26/h3-7,9-10,14,20H,8,11H2,1-2H3,(H2,21,22). The number of amides is 2. The number of imide groups is 1. The van der Waals surface area contributed by atoms with E-state index < -0.39 is 0 Å². The minimum absolute atomic E-state index is 0.0822. The molecule has 0 radical (unpaired) electrons. The molecule has 1 aliphatic heterocycles. The van der Waals surface area contributed by atoms with Crippen molar-refractivity contribution >= 4 is 23.8 Å². The fourth-order valence-electron chi connectivity index (χ4n) is 3.06. The number of carbonyl (C=O) groups excluding carboxylic acids is 2. The van der Waals surface area contributed by atoms with Gasteiger partial charge in [0.1, 0.15) is 5.82 Å². The summed E-state index contributed by atoms with van der Waals surface area (Å²) in [5.41, 5.74) is 8.10. The number of nitrogens with two attached hydrogens (primary N) is 1. The molecular formula is C19H21N5O2. The summed E-state index contributed by atoms with van der Waals surface area (Å²) < 4.78 is 0. The second-order valence-corrected chi connectivity index (χ2v) is 6.55. The average Bonchev–Trinajstić information content (AvgIpc) is 2.87. The Kier molecular flexibility index (Phi) is 4.81. The molecule has 134 valence electrons. The van der Waals surface area contributed by atoms with Crippen molar-refractivity contribution in [3.8, 4) is 0 Å². The van der Waals surface area contributed by atoms with Gasteiger partial charge in [-0.25, -0.2) is 4.98 Å². The highest BCUT2D eigenvalue weighted by Gasteiger charge is 2.36. The van der Waals surface area contributed by atoms with Crippen molar-refractivity contribution in [1.82, 2.24) is 14.8 Å². The summed E-state index contributed by atoms with van der Waals surface area (Å²) in [5.74, 6) is -0.202. The van der Waals surface area contributed by atoms with Crippen LogP contribution in [0.4, 0.5) is 5.82 Å². The Bertz CT molecular complexity index is 843. The quantitative estimate of drug-likeness (QED) is 0.605. The van der Waals surface area contributed by atoms with Crippen LogP contribution in [0.3, 0.4) is 0 Å². The molecule has 3 rings (SSSR count). The number of nitrogens with one attached hydrogen (secondary N) is 1. The van der Waals surface area contributed by atoms with Gasteiger partial charge in [-0.1, -0.05) is 12.1 Å². The fourth-order valence-corrected chi connectivity index (χ4v) is 3.06. The molecule has 0 fully saturated rings. The SMILES string of the molecule is CN(C)C(Cc1cnc(N)c(C=N)c1)CN1C(=O)c2ccccc2C1=O. The van der Waals surface area contributed by atoms with Crippen LogP contribution in [0.15, 0.2) is 36.5 Å². The van der Waals surface area contributed by atoms with Crippen LogP contribution in [0.25, 0.3) is 0 Å². The number of benzene rings is 1. The Labute approximate surface area is 151 Å². The molecule has 2 amide bonds. The van der Waals surface area contributed by atoms with Crippen LogP contribution in [0.1, 0.15) is 31.8 Å². The maximum absolute atomic E-state index is 12.6. The number of nitrogens with zero attached hydrogens (tertiary/aromatic N) is 3. The molecule has 26 heavy (non-hydrogen) atoms. The Morgan fingerprint density at radius 2 is 1.85 bits per heavy atom. The fraction of sp³-hybridized carbons (Fsp3) is 0.263.